The van der Waals surface area contributed by atoms with E-state index in [1.165, 1.54) is 0 Å². The third-order valence-corrected chi connectivity index (χ3v) is 3.52. The van der Waals surface area contributed by atoms with Gasteiger partial charge in [-0.05, 0) is 49.5 Å². The molecule has 0 atom stereocenters. The first-order valence-electron chi connectivity index (χ1n) is 6.75. The van der Waals surface area contributed by atoms with Crippen LogP contribution in [0.25, 0.3) is 11.3 Å². The zero-order valence-electron chi connectivity index (χ0n) is 12.1. The summed E-state index contributed by atoms with van der Waals surface area (Å²) in [5.41, 5.74) is 0.913. The van der Waals surface area contributed by atoms with Crippen molar-refractivity contribution >= 4 is 29.8 Å². The summed E-state index contributed by atoms with van der Waals surface area (Å²) in [5.74, 6) is 1.10. The number of carbonyl (C=O) groups is 1. The Kier molecular flexibility index (Phi) is 6.96. The summed E-state index contributed by atoms with van der Waals surface area (Å²) in [6, 6.07) is 10.9. The maximum atomic E-state index is 12.1. The number of likely N-dealkylation sites (N-methyl/N-ethyl adjacent to an activating group) is 1. The van der Waals surface area contributed by atoms with E-state index in [0.29, 0.717) is 23.1 Å². The summed E-state index contributed by atoms with van der Waals surface area (Å²) in [7, 11) is 0. The number of nitrogens with zero attached hydrogens (tertiary/aromatic N) is 1. The molecular weight excluding hydrogens is 309 g/mol. The Bertz CT molecular complexity index is 574. The van der Waals surface area contributed by atoms with Gasteiger partial charge in [0.15, 0.2) is 5.76 Å². The largest absolute Gasteiger partial charge is 0.453 e. The molecule has 0 spiro atoms. The summed E-state index contributed by atoms with van der Waals surface area (Å²) < 4.78 is 5.64. The van der Waals surface area contributed by atoms with E-state index in [1.54, 1.807) is 18.2 Å². The van der Waals surface area contributed by atoms with Crippen LogP contribution in [0.2, 0.25) is 5.02 Å². The number of Topliss-reactive ketones (excluding diaryl/α,β-unsaturated/α-hetero) is 1. The molecule has 0 aliphatic heterocycles. The van der Waals surface area contributed by atoms with Crippen LogP contribution in [0.3, 0.4) is 0 Å². The van der Waals surface area contributed by atoms with Gasteiger partial charge in [0.1, 0.15) is 5.76 Å². The molecule has 0 fully saturated rings. The molecule has 1 heterocycles. The van der Waals surface area contributed by atoms with Crippen molar-refractivity contribution in [2.75, 3.05) is 19.6 Å². The molecular formula is C16H19Cl2NO2. The first kappa shape index (κ1) is 17.8. The van der Waals surface area contributed by atoms with Crippen LogP contribution in [-0.2, 0) is 0 Å². The van der Waals surface area contributed by atoms with Crippen LogP contribution in [0.5, 0.6) is 0 Å². The second-order valence-corrected chi connectivity index (χ2v) is 4.99. The lowest BCUT2D eigenvalue weighted by atomic mass is 10.2. The van der Waals surface area contributed by atoms with Crippen molar-refractivity contribution in [1.82, 2.24) is 4.90 Å². The van der Waals surface area contributed by atoms with Gasteiger partial charge in [-0.2, -0.15) is 0 Å². The van der Waals surface area contributed by atoms with Gasteiger partial charge in [0.2, 0.25) is 5.78 Å². The van der Waals surface area contributed by atoms with Gasteiger partial charge >= 0.3 is 0 Å². The van der Waals surface area contributed by atoms with Gasteiger partial charge in [-0.1, -0.05) is 25.4 Å². The van der Waals surface area contributed by atoms with Crippen molar-refractivity contribution in [2.45, 2.75) is 13.8 Å². The summed E-state index contributed by atoms with van der Waals surface area (Å²) in [6.07, 6.45) is 0. The molecule has 0 saturated heterocycles. The Morgan fingerprint density at radius 1 is 1.10 bits per heavy atom. The number of ketones is 1. The first-order valence-corrected chi connectivity index (χ1v) is 7.13. The van der Waals surface area contributed by atoms with Gasteiger partial charge in [0.05, 0.1) is 6.54 Å². The highest BCUT2D eigenvalue weighted by Crippen LogP contribution is 2.24. The normalized spacial score (nSPS) is 10.5. The summed E-state index contributed by atoms with van der Waals surface area (Å²) in [6.45, 7) is 6.18. The van der Waals surface area contributed by atoms with Gasteiger partial charge < -0.3 is 4.42 Å². The molecule has 0 bridgehead atoms. The molecule has 0 amide bonds. The zero-order valence-corrected chi connectivity index (χ0v) is 13.7. The third kappa shape index (κ3) is 4.60. The Balaban J connectivity index is 0.00000220. The second-order valence-electron chi connectivity index (χ2n) is 4.56. The molecule has 5 heteroatoms. The SMILES string of the molecule is CCN(CC)CC(=O)c1ccc(-c2ccc(Cl)cc2)o1.Cl. The second kappa shape index (κ2) is 8.23. The van der Waals surface area contributed by atoms with Gasteiger partial charge in [-0.15, -0.1) is 12.4 Å². The number of carbonyl (C=O) groups excluding carboxylic acids is 1. The van der Waals surface area contributed by atoms with E-state index in [-0.39, 0.29) is 18.2 Å². The maximum Gasteiger partial charge on any atom is 0.211 e. The number of furan rings is 1. The highest BCUT2D eigenvalue weighted by Gasteiger charge is 2.14. The molecule has 0 aliphatic rings. The summed E-state index contributed by atoms with van der Waals surface area (Å²) in [4.78, 5) is 14.2. The molecule has 114 valence electrons. The first-order chi connectivity index (χ1) is 9.63. The number of hydrogen-bond acceptors (Lipinski definition) is 3. The van der Waals surface area contributed by atoms with Crippen LogP contribution < -0.4 is 0 Å². The highest BCUT2D eigenvalue weighted by molar-refractivity contribution is 6.30. The zero-order chi connectivity index (χ0) is 14.5. The van der Waals surface area contributed by atoms with E-state index in [9.17, 15) is 4.79 Å². The van der Waals surface area contributed by atoms with Crippen LogP contribution in [-0.4, -0.2) is 30.3 Å². The minimum Gasteiger partial charge on any atom is -0.453 e. The monoisotopic (exact) mass is 327 g/mol. The third-order valence-electron chi connectivity index (χ3n) is 3.27. The van der Waals surface area contributed by atoms with Crippen molar-refractivity contribution in [3.8, 4) is 11.3 Å². The van der Waals surface area contributed by atoms with Crippen molar-refractivity contribution in [3.05, 3.63) is 47.2 Å². The fourth-order valence-electron chi connectivity index (χ4n) is 1.99. The van der Waals surface area contributed by atoms with Gasteiger partial charge in [-0.3, -0.25) is 9.69 Å². The van der Waals surface area contributed by atoms with Crippen LogP contribution in [0, 0.1) is 0 Å². The quantitative estimate of drug-likeness (QED) is 0.730. The van der Waals surface area contributed by atoms with Gasteiger partial charge in [0, 0.05) is 10.6 Å². The highest BCUT2D eigenvalue weighted by atomic mass is 35.5. The molecule has 2 rings (SSSR count). The van der Waals surface area contributed by atoms with Crippen molar-refractivity contribution < 1.29 is 9.21 Å². The van der Waals surface area contributed by atoms with Gasteiger partial charge in [0.25, 0.3) is 0 Å². The number of hydrogen-bond donors (Lipinski definition) is 0. The van der Waals surface area contributed by atoms with Gasteiger partial charge in [-0.25, -0.2) is 0 Å². The summed E-state index contributed by atoms with van der Waals surface area (Å²) in [5, 5.41) is 0.679. The number of benzene rings is 1. The van der Waals surface area contributed by atoms with E-state index in [1.807, 2.05) is 32.0 Å². The lowest BCUT2D eigenvalue weighted by Gasteiger charge is -2.15. The standard InChI is InChI=1S/C16H18ClNO2.ClH/c1-3-18(4-2)11-14(19)16-10-9-15(20-16)12-5-7-13(17)8-6-12;/h5-10H,3-4,11H2,1-2H3;1H. The van der Waals surface area contributed by atoms with E-state index in [4.69, 9.17) is 16.0 Å². The fourth-order valence-corrected chi connectivity index (χ4v) is 2.11. The maximum absolute atomic E-state index is 12.1. The lowest BCUT2D eigenvalue weighted by molar-refractivity contribution is 0.0911. The van der Waals surface area contributed by atoms with E-state index >= 15 is 0 Å². The minimum atomic E-state index is 0. The van der Waals surface area contributed by atoms with Crippen molar-refractivity contribution in [1.29, 1.82) is 0 Å². The van der Waals surface area contributed by atoms with Crippen LogP contribution >= 0.6 is 24.0 Å². The predicted octanol–water partition coefficient (Wildman–Crippen LogP) is 4.55. The lowest BCUT2D eigenvalue weighted by Crippen LogP contribution is -2.29. The molecule has 0 radical (unpaired) electrons. The molecule has 0 N–H and O–H groups in total. The Hall–Kier alpha value is -1.29. The molecule has 3 nitrogen and oxygen atoms in total. The van der Waals surface area contributed by atoms with Crippen LogP contribution in [0.1, 0.15) is 24.4 Å². The summed E-state index contributed by atoms with van der Waals surface area (Å²) >= 11 is 5.85. The van der Waals surface area contributed by atoms with Crippen molar-refractivity contribution in [3.63, 3.8) is 0 Å². The Morgan fingerprint density at radius 2 is 1.71 bits per heavy atom. The molecule has 0 unspecified atom stereocenters. The molecule has 2 aromatic rings. The van der Waals surface area contributed by atoms with Crippen LogP contribution in [0.15, 0.2) is 40.8 Å². The topological polar surface area (TPSA) is 33.5 Å². The van der Waals surface area contributed by atoms with E-state index in [2.05, 4.69) is 4.90 Å². The minimum absolute atomic E-state index is 0. The molecule has 1 aromatic heterocycles. The molecule has 21 heavy (non-hydrogen) atoms. The molecule has 0 saturated carbocycles. The van der Waals surface area contributed by atoms with E-state index in [0.717, 1.165) is 18.7 Å². The smallest absolute Gasteiger partial charge is 0.211 e. The fraction of sp³-hybridized carbons (Fsp3) is 0.312. The average Bonchev–Trinajstić information content (AvgIpc) is 2.95. The Morgan fingerprint density at radius 3 is 2.29 bits per heavy atom. The average molecular weight is 328 g/mol. The van der Waals surface area contributed by atoms with Crippen LogP contribution in [0.4, 0.5) is 0 Å². The Labute approximate surface area is 136 Å². The molecule has 0 aliphatic carbocycles. The molecule has 1 aromatic carbocycles. The predicted molar refractivity (Wildman–Crippen MR) is 88.5 cm³/mol. The number of halogens is 2. The number of rotatable bonds is 6. The van der Waals surface area contributed by atoms with E-state index < -0.39 is 0 Å². The van der Waals surface area contributed by atoms with Crippen molar-refractivity contribution in [2.24, 2.45) is 0 Å².